The van der Waals surface area contributed by atoms with Crippen molar-refractivity contribution < 1.29 is 33.6 Å². The van der Waals surface area contributed by atoms with Crippen LogP contribution in [-0.4, -0.2) is 107 Å². The van der Waals surface area contributed by atoms with Crippen molar-refractivity contribution in [1.29, 1.82) is 0 Å². The Morgan fingerprint density at radius 1 is 1.07 bits per heavy atom. The lowest BCUT2D eigenvalue weighted by Gasteiger charge is -2.33. The number of hydrogen-bond acceptors (Lipinski definition) is 10. The van der Waals surface area contributed by atoms with Gasteiger partial charge in [0, 0.05) is 31.0 Å². The average Bonchev–Trinajstić information content (AvgIpc) is 2.87. The second kappa shape index (κ2) is 16.6. The fourth-order valence-electron chi connectivity index (χ4n) is 3.89. The van der Waals surface area contributed by atoms with Crippen molar-refractivity contribution in [3.63, 3.8) is 0 Å². The number of rotatable bonds is 8. The monoisotopic (exact) mass is 632 g/mol. The number of likely N-dealkylation sites (N-methyl/N-ethyl adjacent to an activating group) is 1. The van der Waals surface area contributed by atoms with E-state index in [1.54, 1.807) is 13.8 Å². The lowest BCUT2D eigenvalue weighted by atomic mass is 10.0. The van der Waals surface area contributed by atoms with E-state index in [-0.39, 0.29) is 24.7 Å². The van der Waals surface area contributed by atoms with Crippen molar-refractivity contribution in [1.82, 2.24) is 26.2 Å². The number of guanidine groups is 1. The molecule has 1 fully saturated rings. The van der Waals surface area contributed by atoms with Crippen molar-refractivity contribution in [2.45, 2.75) is 68.9 Å². The zero-order chi connectivity index (χ0) is 32.2. The lowest BCUT2D eigenvalue weighted by molar-refractivity contribution is -0.141. The second-order valence-electron chi connectivity index (χ2n) is 9.99. The second-order valence-corrected chi connectivity index (χ2v) is 13.0. The van der Waals surface area contributed by atoms with E-state index in [1.807, 2.05) is 0 Å². The number of aliphatic imine (C=N–C) groups is 1. The molecule has 0 unspecified atom stereocenters. The minimum atomic E-state index is -1.47. The highest BCUT2D eigenvalue weighted by Crippen LogP contribution is 2.38. The van der Waals surface area contributed by atoms with Gasteiger partial charge >= 0.3 is 0 Å². The molecule has 0 spiro atoms. The summed E-state index contributed by atoms with van der Waals surface area (Å²) in [6.45, 7) is 4.01. The van der Waals surface area contributed by atoms with Gasteiger partial charge in [0.2, 0.25) is 41.4 Å². The molecule has 42 heavy (non-hydrogen) atoms. The van der Waals surface area contributed by atoms with Gasteiger partial charge in [-0.2, -0.15) is 0 Å². The normalized spacial score (nSPS) is 24.3. The van der Waals surface area contributed by atoms with Crippen LogP contribution in [-0.2, 0) is 33.6 Å². The van der Waals surface area contributed by atoms with Gasteiger partial charge < -0.3 is 49.1 Å². The van der Waals surface area contributed by atoms with Crippen LogP contribution in [0.3, 0.4) is 0 Å². The maximum absolute atomic E-state index is 13.5. The van der Waals surface area contributed by atoms with Crippen molar-refractivity contribution in [2.24, 2.45) is 27.9 Å². The number of nitrogens with one attached hydrogen (secondary N) is 4. The fourth-order valence-corrected chi connectivity index (χ4v) is 6.70. The van der Waals surface area contributed by atoms with E-state index in [1.165, 1.54) is 14.0 Å². The maximum Gasteiger partial charge on any atom is 0.246 e. The summed E-state index contributed by atoms with van der Waals surface area (Å²) in [4.78, 5) is 93.3. The molecule has 0 aromatic rings. The number of carbonyl (C=O) groups excluding carboxylic acids is 7. The van der Waals surface area contributed by atoms with E-state index in [0.717, 1.165) is 26.5 Å². The van der Waals surface area contributed by atoms with Crippen LogP contribution < -0.4 is 44.2 Å². The third-order valence-corrected chi connectivity index (χ3v) is 9.28. The summed E-state index contributed by atoms with van der Waals surface area (Å²) in [7, 11) is 3.61. The maximum atomic E-state index is 13.5. The molecule has 1 aliphatic rings. The fraction of sp³-hybridized carbons (Fsp3) is 0.652. The number of carbonyl (C=O) groups is 7. The lowest BCUT2D eigenvalue weighted by Crippen LogP contribution is -2.60. The Hall–Kier alpha value is -3.74. The Balaban J connectivity index is 3.46. The molecule has 7 amide bonds. The number of hydrogen-bond donors (Lipinski definition) is 8. The number of nitrogens with two attached hydrogens (primary N) is 4. The molecule has 19 heteroatoms. The Kier molecular flexibility index (Phi) is 14.4. The molecule has 0 aromatic carbocycles. The van der Waals surface area contributed by atoms with E-state index in [2.05, 4.69) is 26.3 Å². The molecule has 1 aliphatic heterocycles. The summed E-state index contributed by atoms with van der Waals surface area (Å²) < 4.78 is -1.07. The standard InChI is InChI=1S/C23H40N10O7S2/c1-11(34)30-13-10-41-42-23(2,3)17(18(25)37)32-19(38)12(8-15(24)35)31-16(36)9-29-20(39)14(33(4)21(13)40)6-5-7-28-22(26)27/h12-14,17H,5-10H2,1-4H3,(H2,24,35)(H2,25,37)(H,29,39)(H,30,34)(H,31,36)(H,32,38)(H4,26,27,28)/t12-,13-,14-,17+/m1/s1. The first-order valence-electron chi connectivity index (χ1n) is 12.8. The highest BCUT2D eigenvalue weighted by molar-refractivity contribution is 8.77. The molecule has 1 saturated heterocycles. The van der Waals surface area contributed by atoms with Gasteiger partial charge in [0.1, 0.15) is 24.2 Å². The summed E-state index contributed by atoms with van der Waals surface area (Å²) >= 11 is 0. The van der Waals surface area contributed by atoms with E-state index < -0.39 is 83.2 Å². The van der Waals surface area contributed by atoms with Gasteiger partial charge in [0.05, 0.1) is 13.0 Å². The molecular weight excluding hydrogens is 592 g/mol. The van der Waals surface area contributed by atoms with Gasteiger partial charge in [0.15, 0.2) is 5.96 Å². The van der Waals surface area contributed by atoms with Gasteiger partial charge in [-0.3, -0.25) is 38.6 Å². The van der Waals surface area contributed by atoms with Crippen LogP contribution >= 0.6 is 21.6 Å². The van der Waals surface area contributed by atoms with Gasteiger partial charge in [-0.05, 0) is 26.7 Å². The van der Waals surface area contributed by atoms with Crippen LogP contribution in [0.1, 0.15) is 40.0 Å². The Morgan fingerprint density at radius 2 is 1.71 bits per heavy atom. The quantitative estimate of drug-likeness (QED) is 0.0552. The first kappa shape index (κ1) is 36.3. The van der Waals surface area contributed by atoms with Crippen molar-refractivity contribution >= 4 is 68.9 Å². The minimum absolute atomic E-state index is 0.0168. The van der Waals surface area contributed by atoms with Crippen LogP contribution in [0.5, 0.6) is 0 Å². The summed E-state index contributed by atoms with van der Waals surface area (Å²) in [5.74, 6) is -5.47. The molecule has 17 nitrogen and oxygen atoms in total. The molecule has 1 heterocycles. The number of primary amides is 2. The zero-order valence-electron chi connectivity index (χ0n) is 23.9. The third kappa shape index (κ3) is 12.0. The van der Waals surface area contributed by atoms with E-state index in [9.17, 15) is 33.6 Å². The van der Waals surface area contributed by atoms with Crippen LogP contribution in [0.2, 0.25) is 0 Å². The molecule has 0 bridgehead atoms. The van der Waals surface area contributed by atoms with Gasteiger partial charge in [0.25, 0.3) is 0 Å². The predicted molar refractivity (Wildman–Crippen MR) is 158 cm³/mol. The highest BCUT2D eigenvalue weighted by Gasteiger charge is 2.39. The summed E-state index contributed by atoms with van der Waals surface area (Å²) in [6, 6.07) is -4.92. The first-order chi connectivity index (χ1) is 19.5. The Bertz CT molecular complexity index is 1080. The largest absolute Gasteiger partial charge is 0.370 e. The van der Waals surface area contributed by atoms with Crippen molar-refractivity contribution in [3.05, 3.63) is 0 Å². The van der Waals surface area contributed by atoms with Crippen LogP contribution in [0.25, 0.3) is 0 Å². The predicted octanol–water partition coefficient (Wildman–Crippen LogP) is -4.01. The molecular formula is C23H40N10O7S2. The number of amides is 7. The SMILES string of the molecule is CC(=O)N[C@@H]1CSSC(C)(C)[C@H](C(N)=O)NC(=O)[C@@H](CC(N)=O)NC(=O)CNC(=O)[C@@H](CCCN=C(N)N)N(C)C1=O. The molecule has 0 saturated carbocycles. The Labute approximate surface area is 251 Å². The minimum Gasteiger partial charge on any atom is -0.370 e. The zero-order valence-corrected chi connectivity index (χ0v) is 25.6. The molecule has 0 radical (unpaired) electrons. The van der Waals surface area contributed by atoms with Crippen molar-refractivity contribution in [3.8, 4) is 0 Å². The van der Waals surface area contributed by atoms with Crippen LogP contribution in [0, 0.1) is 0 Å². The van der Waals surface area contributed by atoms with E-state index in [0.29, 0.717) is 6.42 Å². The third-order valence-electron chi connectivity index (χ3n) is 5.98. The van der Waals surface area contributed by atoms with Gasteiger partial charge in [-0.15, -0.1) is 0 Å². The van der Waals surface area contributed by atoms with Gasteiger partial charge in [-0.1, -0.05) is 21.6 Å². The molecule has 1 rings (SSSR count). The topological polar surface area (TPSA) is 287 Å². The van der Waals surface area contributed by atoms with Crippen molar-refractivity contribution in [2.75, 3.05) is 25.9 Å². The Morgan fingerprint density at radius 3 is 2.26 bits per heavy atom. The van der Waals surface area contributed by atoms with Crippen LogP contribution in [0.15, 0.2) is 4.99 Å². The molecule has 236 valence electrons. The highest BCUT2D eigenvalue weighted by atomic mass is 33.1. The molecule has 12 N–H and O–H groups in total. The van der Waals surface area contributed by atoms with E-state index in [4.69, 9.17) is 22.9 Å². The average molecular weight is 633 g/mol. The van der Waals surface area contributed by atoms with Crippen LogP contribution in [0.4, 0.5) is 0 Å². The first-order valence-corrected chi connectivity index (χ1v) is 15.1. The molecule has 0 aromatic heterocycles. The smallest absolute Gasteiger partial charge is 0.246 e. The summed E-state index contributed by atoms with van der Waals surface area (Å²) in [5, 5.41) is 9.77. The summed E-state index contributed by atoms with van der Waals surface area (Å²) in [6.07, 6.45) is -0.206. The molecule has 4 atom stereocenters. The molecule has 0 aliphatic carbocycles. The van der Waals surface area contributed by atoms with Gasteiger partial charge in [-0.25, -0.2) is 0 Å². The van der Waals surface area contributed by atoms with E-state index >= 15 is 0 Å². The summed E-state index contributed by atoms with van der Waals surface area (Å²) in [5.41, 5.74) is 21.5. The number of nitrogens with zero attached hydrogens (tertiary/aromatic N) is 2.